The molecule has 0 bridgehead atoms. The van der Waals surface area contributed by atoms with Crippen LogP contribution in [0.1, 0.15) is 31.7 Å². The van der Waals surface area contributed by atoms with Crippen molar-refractivity contribution >= 4 is 10.2 Å². The summed E-state index contributed by atoms with van der Waals surface area (Å²) in [6, 6.07) is 7.49. The van der Waals surface area contributed by atoms with Crippen LogP contribution in [0.15, 0.2) is 24.3 Å². The van der Waals surface area contributed by atoms with E-state index in [2.05, 4.69) is 4.72 Å². The molecule has 6 heteroatoms. The van der Waals surface area contributed by atoms with E-state index in [1.54, 1.807) is 11.4 Å². The molecule has 1 N–H and O–H groups in total. The largest absolute Gasteiger partial charge is 0.496 e. The Balaban J connectivity index is 2.05. The van der Waals surface area contributed by atoms with Gasteiger partial charge in [0.15, 0.2) is 0 Å². The van der Waals surface area contributed by atoms with Gasteiger partial charge in [-0.25, -0.2) is 0 Å². The second-order valence-corrected chi connectivity index (χ2v) is 6.80. The summed E-state index contributed by atoms with van der Waals surface area (Å²) in [4.78, 5) is 0. The molecular formula is C14H22N2O3S. The predicted molar refractivity (Wildman–Crippen MR) is 78.8 cm³/mol. The molecule has 0 unspecified atom stereocenters. The molecule has 1 heterocycles. The van der Waals surface area contributed by atoms with E-state index < -0.39 is 10.2 Å². The van der Waals surface area contributed by atoms with Gasteiger partial charge in [0.05, 0.1) is 7.11 Å². The first kappa shape index (κ1) is 15.3. The lowest BCUT2D eigenvalue weighted by Gasteiger charge is -2.32. The molecule has 1 fully saturated rings. The Kier molecular flexibility index (Phi) is 5.01. The summed E-state index contributed by atoms with van der Waals surface area (Å²) in [7, 11) is -1.84. The van der Waals surface area contributed by atoms with E-state index in [9.17, 15) is 8.42 Å². The molecule has 1 aliphatic rings. The van der Waals surface area contributed by atoms with Gasteiger partial charge in [-0.2, -0.15) is 17.4 Å². The minimum atomic E-state index is -3.43. The summed E-state index contributed by atoms with van der Waals surface area (Å²) >= 11 is 0. The highest BCUT2D eigenvalue weighted by Gasteiger charge is 2.29. The quantitative estimate of drug-likeness (QED) is 0.903. The van der Waals surface area contributed by atoms with Crippen LogP contribution in [0.3, 0.4) is 0 Å². The number of hydrogen-bond donors (Lipinski definition) is 1. The van der Waals surface area contributed by atoms with E-state index in [-0.39, 0.29) is 12.6 Å². The number of ether oxygens (including phenoxy) is 1. The molecule has 1 aromatic rings. The third-order valence-corrected chi connectivity index (χ3v) is 5.36. The molecule has 0 aromatic heterocycles. The molecule has 112 valence electrons. The van der Waals surface area contributed by atoms with Gasteiger partial charge < -0.3 is 4.74 Å². The SMILES string of the molecule is COc1ccccc1CNS(=O)(=O)N1CCCC[C@@H]1C. The first-order chi connectivity index (χ1) is 9.54. The average Bonchev–Trinajstić information content (AvgIpc) is 2.46. The Labute approximate surface area is 121 Å². The van der Waals surface area contributed by atoms with E-state index in [1.807, 2.05) is 31.2 Å². The van der Waals surface area contributed by atoms with Gasteiger partial charge in [-0.1, -0.05) is 24.6 Å². The second kappa shape index (κ2) is 6.56. The van der Waals surface area contributed by atoms with Crippen LogP contribution in [0.5, 0.6) is 5.75 Å². The maximum absolute atomic E-state index is 12.3. The molecule has 0 amide bonds. The Morgan fingerprint density at radius 1 is 1.35 bits per heavy atom. The summed E-state index contributed by atoms with van der Waals surface area (Å²) < 4.78 is 34.1. The maximum Gasteiger partial charge on any atom is 0.279 e. The Morgan fingerprint density at radius 3 is 2.80 bits per heavy atom. The lowest BCUT2D eigenvalue weighted by atomic mass is 10.1. The topological polar surface area (TPSA) is 58.6 Å². The van der Waals surface area contributed by atoms with E-state index in [0.29, 0.717) is 12.3 Å². The van der Waals surface area contributed by atoms with Crippen molar-refractivity contribution in [2.24, 2.45) is 0 Å². The highest BCUT2D eigenvalue weighted by Crippen LogP contribution is 2.21. The molecule has 0 aliphatic carbocycles. The van der Waals surface area contributed by atoms with E-state index in [1.165, 1.54) is 0 Å². The van der Waals surface area contributed by atoms with Gasteiger partial charge in [-0.3, -0.25) is 0 Å². The highest BCUT2D eigenvalue weighted by atomic mass is 32.2. The van der Waals surface area contributed by atoms with E-state index in [4.69, 9.17) is 4.74 Å². The smallest absolute Gasteiger partial charge is 0.279 e. The third-order valence-electron chi connectivity index (χ3n) is 3.69. The zero-order valence-corrected chi connectivity index (χ0v) is 12.8. The zero-order valence-electron chi connectivity index (χ0n) is 12.0. The number of rotatable bonds is 5. The van der Waals surface area contributed by atoms with Crippen LogP contribution in [0, 0.1) is 0 Å². The molecule has 1 atom stereocenters. The molecule has 0 radical (unpaired) electrons. The summed E-state index contributed by atoms with van der Waals surface area (Å²) in [6.07, 6.45) is 2.95. The Morgan fingerprint density at radius 2 is 2.10 bits per heavy atom. The minimum Gasteiger partial charge on any atom is -0.496 e. The normalized spacial score (nSPS) is 20.8. The summed E-state index contributed by atoms with van der Waals surface area (Å²) in [5, 5.41) is 0. The van der Waals surface area contributed by atoms with Crippen molar-refractivity contribution in [1.29, 1.82) is 0 Å². The first-order valence-electron chi connectivity index (χ1n) is 6.93. The summed E-state index contributed by atoms with van der Waals surface area (Å²) in [5.74, 6) is 0.696. The minimum absolute atomic E-state index is 0.0684. The number of methoxy groups -OCH3 is 1. The van der Waals surface area contributed by atoms with Crippen molar-refractivity contribution in [2.45, 2.75) is 38.8 Å². The first-order valence-corrected chi connectivity index (χ1v) is 8.37. The maximum atomic E-state index is 12.3. The van der Waals surface area contributed by atoms with Crippen molar-refractivity contribution in [1.82, 2.24) is 9.03 Å². The summed E-state index contributed by atoms with van der Waals surface area (Å²) in [6.45, 7) is 2.81. The van der Waals surface area contributed by atoms with Crippen molar-refractivity contribution in [3.63, 3.8) is 0 Å². The molecule has 1 aromatic carbocycles. The van der Waals surface area contributed by atoms with Crippen LogP contribution >= 0.6 is 0 Å². The third kappa shape index (κ3) is 3.50. The van der Waals surface area contributed by atoms with Crippen LogP contribution in [-0.2, 0) is 16.8 Å². The molecule has 0 spiro atoms. The van der Waals surface area contributed by atoms with Crippen molar-refractivity contribution in [2.75, 3.05) is 13.7 Å². The van der Waals surface area contributed by atoms with Crippen LogP contribution in [-0.4, -0.2) is 32.4 Å². The van der Waals surface area contributed by atoms with Crippen molar-refractivity contribution < 1.29 is 13.2 Å². The van der Waals surface area contributed by atoms with Crippen molar-refractivity contribution in [3.05, 3.63) is 29.8 Å². The molecule has 1 saturated heterocycles. The number of para-hydroxylation sites is 1. The van der Waals surface area contributed by atoms with E-state index >= 15 is 0 Å². The number of piperidine rings is 1. The molecule has 20 heavy (non-hydrogen) atoms. The van der Waals surface area contributed by atoms with Crippen LogP contribution < -0.4 is 9.46 Å². The Bertz CT molecular complexity index is 545. The van der Waals surface area contributed by atoms with Gasteiger partial charge in [0.1, 0.15) is 5.75 Å². The van der Waals surface area contributed by atoms with Gasteiger partial charge in [-0.05, 0) is 25.8 Å². The highest BCUT2D eigenvalue weighted by molar-refractivity contribution is 7.87. The average molecular weight is 298 g/mol. The monoisotopic (exact) mass is 298 g/mol. The van der Waals surface area contributed by atoms with Crippen molar-refractivity contribution in [3.8, 4) is 5.75 Å². The molecular weight excluding hydrogens is 276 g/mol. The predicted octanol–water partition coefficient (Wildman–Crippen LogP) is 1.90. The fraction of sp³-hybridized carbons (Fsp3) is 0.571. The lowest BCUT2D eigenvalue weighted by Crippen LogP contribution is -2.47. The number of nitrogens with one attached hydrogen (secondary N) is 1. The second-order valence-electron chi connectivity index (χ2n) is 5.09. The lowest BCUT2D eigenvalue weighted by molar-refractivity contribution is 0.265. The molecule has 5 nitrogen and oxygen atoms in total. The van der Waals surface area contributed by atoms with Crippen LogP contribution in [0.25, 0.3) is 0 Å². The molecule has 2 rings (SSSR count). The van der Waals surface area contributed by atoms with Gasteiger partial charge in [0, 0.05) is 24.7 Å². The van der Waals surface area contributed by atoms with Crippen LogP contribution in [0.2, 0.25) is 0 Å². The number of benzene rings is 1. The van der Waals surface area contributed by atoms with Gasteiger partial charge in [0.25, 0.3) is 10.2 Å². The zero-order chi connectivity index (χ0) is 14.6. The van der Waals surface area contributed by atoms with E-state index in [0.717, 1.165) is 24.8 Å². The van der Waals surface area contributed by atoms with Gasteiger partial charge in [-0.15, -0.1) is 0 Å². The fourth-order valence-corrected chi connectivity index (χ4v) is 3.98. The summed E-state index contributed by atoms with van der Waals surface area (Å²) in [5.41, 5.74) is 0.836. The number of hydrogen-bond acceptors (Lipinski definition) is 3. The number of nitrogens with zero attached hydrogens (tertiary/aromatic N) is 1. The van der Waals surface area contributed by atoms with Gasteiger partial charge in [0.2, 0.25) is 0 Å². The van der Waals surface area contributed by atoms with Gasteiger partial charge >= 0.3 is 0 Å². The standard InChI is InChI=1S/C14H22N2O3S/c1-12-7-5-6-10-16(12)20(17,18)15-11-13-8-3-4-9-14(13)19-2/h3-4,8-9,12,15H,5-7,10-11H2,1-2H3/t12-/m0/s1. The molecule has 0 saturated carbocycles. The molecule has 1 aliphatic heterocycles. The fourth-order valence-electron chi connectivity index (χ4n) is 2.53. The van der Waals surface area contributed by atoms with Crippen LogP contribution in [0.4, 0.5) is 0 Å². The Hall–Kier alpha value is -1.11.